The van der Waals surface area contributed by atoms with Gasteiger partial charge in [0.25, 0.3) is 0 Å². The van der Waals surface area contributed by atoms with Crippen molar-refractivity contribution in [1.82, 2.24) is 4.68 Å². The molecule has 0 aliphatic heterocycles. The van der Waals surface area contributed by atoms with E-state index in [0.717, 1.165) is 4.47 Å². The highest BCUT2D eigenvalue weighted by Gasteiger charge is 2.00. The minimum Gasteiger partial charge on any atom is -0.490 e. The van der Waals surface area contributed by atoms with Gasteiger partial charge in [-0.05, 0) is 28.9 Å². The van der Waals surface area contributed by atoms with Gasteiger partial charge >= 0.3 is 0 Å². The molecule has 1 aromatic heterocycles. The highest BCUT2D eigenvalue weighted by molar-refractivity contribution is 9.10. The summed E-state index contributed by atoms with van der Waals surface area (Å²) in [6.45, 7) is 2.39. The first-order valence-electron chi connectivity index (χ1n) is 3.49. The van der Waals surface area contributed by atoms with Crippen molar-refractivity contribution >= 4 is 15.9 Å². The molecule has 3 N–H and O–H groups in total. The molecule has 5 heteroatoms. The molecule has 0 amide bonds. The lowest BCUT2D eigenvalue weighted by Gasteiger charge is -2.06. The van der Waals surface area contributed by atoms with Crippen LogP contribution in [0.3, 0.4) is 0 Å². The first-order valence-corrected chi connectivity index (χ1v) is 4.29. The summed E-state index contributed by atoms with van der Waals surface area (Å²) in [5.74, 6) is 5.95. The Hall–Kier alpha value is -0.970. The molecule has 66 valence electrons. The van der Waals surface area contributed by atoms with Crippen molar-refractivity contribution in [2.24, 2.45) is 0 Å². The molecule has 0 aromatic carbocycles. The van der Waals surface area contributed by atoms with Crippen molar-refractivity contribution in [3.63, 3.8) is 0 Å². The topological polar surface area (TPSA) is 64.0 Å². The molecule has 0 saturated carbocycles. The largest absolute Gasteiger partial charge is 0.490 e. The number of ether oxygens (including phenoxy) is 1. The molecule has 0 aliphatic rings. The molecule has 0 fully saturated rings. The van der Waals surface area contributed by atoms with Crippen molar-refractivity contribution in [1.29, 1.82) is 5.41 Å². The molecule has 0 bridgehead atoms. The standard InChI is InChI=1S/C7H10BrN3O/c1-2-12-6-3-5(8)4-11(10)7(6)9/h3-4,9H,2,10H2,1H3. The lowest BCUT2D eigenvalue weighted by molar-refractivity contribution is 0.331. The zero-order valence-electron chi connectivity index (χ0n) is 6.67. The minimum absolute atomic E-state index is 0.167. The summed E-state index contributed by atoms with van der Waals surface area (Å²) >= 11 is 3.25. The van der Waals surface area contributed by atoms with E-state index >= 15 is 0 Å². The Labute approximate surface area is 78.6 Å². The van der Waals surface area contributed by atoms with Crippen LogP contribution >= 0.6 is 15.9 Å². The van der Waals surface area contributed by atoms with Crippen LogP contribution in [0, 0.1) is 5.41 Å². The zero-order chi connectivity index (χ0) is 9.14. The van der Waals surface area contributed by atoms with E-state index in [-0.39, 0.29) is 5.49 Å². The third kappa shape index (κ3) is 1.79. The Bertz CT molecular complexity index is 334. The maximum absolute atomic E-state index is 7.49. The lowest BCUT2D eigenvalue weighted by Crippen LogP contribution is -2.27. The first-order chi connectivity index (χ1) is 5.65. The van der Waals surface area contributed by atoms with Crippen LogP contribution in [-0.4, -0.2) is 11.3 Å². The fourth-order valence-corrected chi connectivity index (χ4v) is 1.25. The summed E-state index contributed by atoms with van der Waals surface area (Å²) in [4.78, 5) is 0. The number of nitrogens with one attached hydrogen (secondary N) is 1. The zero-order valence-corrected chi connectivity index (χ0v) is 8.26. The number of nitrogens with zero attached hydrogens (tertiary/aromatic N) is 1. The second-order valence-corrected chi connectivity index (χ2v) is 3.13. The van der Waals surface area contributed by atoms with Crippen molar-refractivity contribution in [3.8, 4) is 5.75 Å². The van der Waals surface area contributed by atoms with Crippen LogP contribution in [-0.2, 0) is 0 Å². The number of nitrogen functional groups attached to an aromatic ring is 1. The fourth-order valence-electron chi connectivity index (χ4n) is 0.821. The molecular formula is C7H10BrN3O. The number of rotatable bonds is 2. The Morgan fingerprint density at radius 2 is 2.42 bits per heavy atom. The van der Waals surface area contributed by atoms with Gasteiger partial charge in [0.2, 0.25) is 0 Å². The van der Waals surface area contributed by atoms with Crippen molar-refractivity contribution in [3.05, 3.63) is 22.2 Å². The van der Waals surface area contributed by atoms with Crippen LogP contribution in [0.1, 0.15) is 6.92 Å². The summed E-state index contributed by atoms with van der Waals surface area (Å²) in [6, 6.07) is 1.72. The van der Waals surface area contributed by atoms with Crippen LogP contribution in [0.5, 0.6) is 5.75 Å². The predicted molar refractivity (Wildman–Crippen MR) is 49.3 cm³/mol. The van der Waals surface area contributed by atoms with Crippen LogP contribution in [0.15, 0.2) is 16.7 Å². The Balaban J connectivity index is 3.19. The number of pyridine rings is 1. The third-order valence-electron chi connectivity index (χ3n) is 1.32. The van der Waals surface area contributed by atoms with Crippen molar-refractivity contribution in [2.45, 2.75) is 6.92 Å². The van der Waals surface area contributed by atoms with E-state index in [4.69, 9.17) is 16.0 Å². The summed E-state index contributed by atoms with van der Waals surface area (Å²) in [6.07, 6.45) is 1.60. The monoisotopic (exact) mass is 231 g/mol. The third-order valence-corrected chi connectivity index (χ3v) is 1.76. The van der Waals surface area contributed by atoms with E-state index < -0.39 is 0 Å². The molecule has 0 atom stereocenters. The van der Waals surface area contributed by atoms with Gasteiger partial charge in [-0.25, -0.2) is 4.68 Å². The molecule has 0 aliphatic carbocycles. The minimum atomic E-state index is 0.167. The van der Waals surface area contributed by atoms with Gasteiger partial charge in [0.15, 0.2) is 11.2 Å². The van der Waals surface area contributed by atoms with Gasteiger partial charge in [-0.3, -0.25) is 5.41 Å². The maximum atomic E-state index is 7.49. The normalized spacial score (nSPS) is 9.83. The molecule has 1 rings (SSSR count). The Kier molecular flexibility index (Phi) is 2.75. The van der Waals surface area contributed by atoms with Gasteiger partial charge in [-0.15, -0.1) is 0 Å². The molecule has 0 radical (unpaired) electrons. The van der Waals surface area contributed by atoms with Crippen LogP contribution in [0.2, 0.25) is 0 Å². The van der Waals surface area contributed by atoms with Gasteiger partial charge in [-0.1, -0.05) is 0 Å². The van der Waals surface area contributed by atoms with E-state index in [1.807, 2.05) is 6.92 Å². The van der Waals surface area contributed by atoms with E-state index in [1.165, 1.54) is 4.68 Å². The molecule has 0 spiro atoms. The SMILES string of the molecule is CCOc1cc(Br)cn(N)c1=N. The Morgan fingerprint density at radius 1 is 1.75 bits per heavy atom. The number of nitrogens with two attached hydrogens (primary N) is 1. The molecule has 1 heterocycles. The van der Waals surface area contributed by atoms with Crippen LogP contribution < -0.4 is 16.1 Å². The molecule has 0 saturated heterocycles. The van der Waals surface area contributed by atoms with Crippen molar-refractivity contribution in [2.75, 3.05) is 12.4 Å². The van der Waals surface area contributed by atoms with Crippen LogP contribution in [0.25, 0.3) is 0 Å². The lowest BCUT2D eigenvalue weighted by atomic mass is 10.4. The first kappa shape index (κ1) is 9.12. The number of aromatic nitrogens is 1. The number of hydrogen-bond acceptors (Lipinski definition) is 3. The molecular weight excluding hydrogens is 222 g/mol. The molecule has 1 aromatic rings. The Morgan fingerprint density at radius 3 is 3.00 bits per heavy atom. The second kappa shape index (κ2) is 3.62. The quantitative estimate of drug-likeness (QED) is 0.742. The van der Waals surface area contributed by atoms with Crippen molar-refractivity contribution < 1.29 is 4.74 Å². The number of halogens is 1. The van der Waals surface area contributed by atoms with Gasteiger partial charge in [0, 0.05) is 10.7 Å². The highest BCUT2D eigenvalue weighted by atomic mass is 79.9. The summed E-state index contributed by atoms with van der Waals surface area (Å²) in [5.41, 5.74) is 0.167. The number of hydrogen-bond donors (Lipinski definition) is 2. The van der Waals surface area contributed by atoms with Gasteiger partial charge in [-0.2, -0.15) is 0 Å². The van der Waals surface area contributed by atoms with E-state index in [1.54, 1.807) is 12.3 Å². The van der Waals surface area contributed by atoms with E-state index in [0.29, 0.717) is 12.4 Å². The molecule has 0 unspecified atom stereocenters. The van der Waals surface area contributed by atoms with Crippen LogP contribution in [0.4, 0.5) is 0 Å². The summed E-state index contributed by atoms with van der Waals surface area (Å²) in [5, 5.41) is 7.49. The van der Waals surface area contributed by atoms with Gasteiger partial charge in [0.1, 0.15) is 0 Å². The fraction of sp³-hybridized carbons (Fsp3) is 0.286. The van der Waals surface area contributed by atoms with E-state index in [2.05, 4.69) is 15.9 Å². The predicted octanol–water partition coefficient (Wildman–Crippen LogP) is 0.843. The summed E-state index contributed by atoms with van der Waals surface area (Å²) in [7, 11) is 0. The van der Waals surface area contributed by atoms with Gasteiger partial charge in [0.05, 0.1) is 6.61 Å². The summed E-state index contributed by atoms with van der Waals surface area (Å²) < 4.78 is 7.18. The molecule has 12 heavy (non-hydrogen) atoms. The highest BCUT2D eigenvalue weighted by Crippen LogP contribution is 2.12. The average Bonchev–Trinajstić information content (AvgIpc) is 2.00. The molecule has 4 nitrogen and oxygen atoms in total. The maximum Gasteiger partial charge on any atom is 0.186 e. The second-order valence-electron chi connectivity index (χ2n) is 2.21. The smallest absolute Gasteiger partial charge is 0.186 e. The average molecular weight is 232 g/mol. The van der Waals surface area contributed by atoms with E-state index in [9.17, 15) is 0 Å². The van der Waals surface area contributed by atoms with Gasteiger partial charge < -0.3 is 10.6 Å².